The van der Waals surface area contributed by atoms with Crippen LogP contribution in [0.25, 0.3) is 21.6 Å². The van der Waals surface area contributed by atoms with Gasteiger partial charge in [-0.25, -0.2) is 28.0 Å². The van der Waals surface area contributed by atoms with Crippen LogP contribution in [0.1, 0.15) is 6.23 Å². The highest BCUT2D eigenvalue weighted by atomic mass is 31.3. The highest BCUT2D eigenvalue weighted by Gasteiger charge is 2.57. The van der Waals surface area contributed by atoms with Crippen LogP contribution in [0.2, 0.25) is 0 Å². The summed E-state index contributed by atoms with van der Waals surface area (Å²) >= 11 is 0. The van der Waals surface area contributed by atoms with Gasteiger partial charge in [0, 0.05) is 4.91 Å². The summed E-state index contributed by atoms with van der Waals surface area (Å²) in [5.41, 5.74) is 11.5. The molecule has 0 saturated carbocycles. The molecule has 0 bridgehead atoms. The third-order valence-corrected chi connectivity index (χ3v) is 7.74. The number of nitrogens with zero attached hydrogens (tertiary/aromatic N) is 7. The Hall–Kier alpha value is -2.08. The van der Waals surface area contributed by atoms with Crippen molar-refractivity contribution in [3.05, 3.63) is 23.1 Å². The van der Waals surface area contributed by atoms with E-state index in [9.17, 15) is 37.9 Å². The molecule has 0 aliphatic carbocycles. The number of halogens is 1. The molecule has 3 unspecified atom stereocenters. The van der Waals surface area contributed by atoms with E-state index in [1.54, 1.807) is 0 Å². The van der Waals surface area contributed by atoms with Crippen LogP contribution in [0.3, 0.4) is 0 Å². The number of aliphatic hydroxyl groups is 1. The van der Waals surface area contributed by atoms with Crippen molar-refractivity contribution >= 4 is 40.4 Å². The van der Waals surface area contributed by atoms with Crippen LogP contribution in [-0.4, -0.2) is 54.1 Å². The number of imidazole rings is 1. The number of azide groups is 1. The lowest BCUT2D eigenvalue weighted by Gasteiger charge is -2.34. The van der Waals surface area contributed by atoms with Gasteiger partial charge in [-0.05, 0) is 5.53 Å². The molecule has 2 aromatic rings. The van der Waals surface area contributed by atoms with Gasteiger partial charge in [-0.2, -0.15) is 0 Å². The van der Waals surface area contributed by atoms with Crippen LogP contribution in [0.4, 0.5) is 10.2 Å². The molecular weight excluding hydrogens is 536 g/mol. The number of nitrogens with two attached hydrogens (primary N) is 1. The second-order valence-corrected chi connectivity index (χ2v) is 10.6. The number of fused-ring (bicyclic) bond motifs is 1. The molecule has 4 N–H and O–H groups in total. The van der Waals surface area contributed by atoms with Crippen molar-refractivity contribution in [2.45, 2.75) is 24.2 Å². The van der Waals surface area contributed by atoms with Gasteiger partial charge < -0.3 is 39.7 Å². The minimum atomic E-state index is -6.24. The Balaban J connectivity index is 1.86. The van der Waals surface area contributed by atoms with Gasteiger partial charge in [0.15, 0.2) is 23.9 Å². The van der Waals surface area contributed by atoms with Crippen molar-refractivity contribution < 1.29 is 60.6 Å². The van der Waals surface area contributed by atoms with Crippen LogP contribution < -0.4 is 20.4 Å². The number of hydrogen-bond acceptors (Lipinski definition) is 16. The fourth-order valence-corrected chi connectivity index (χ4v) is 5.69. The quantitative estimate of drug-likeness (QED) is 0.133. The van der Waals surface area contributed by atoms with E-state index in [1.165, 1.54) is 0 Å². The Morgan fingerprint density at radius 2 is 1.97 bits per heavy atom. The molecule has 7 atom stereocenters. The second kappa shape index (κ2) is 9.18. The van der Waals surface area contributed by atoms with Gasteiger partial charge in [0.1, 0.15) is 17.9 Å². The normalized spacial score (nSPS) is 30.2. The molecular formula is C10H11FN8O12P3-3. The maximum Gasteiger partial charge on any atom is 0.280 e. The SMILES string of the molecule is [N-]=[N+]=N[C@]1(COP(=O)([O-])OP(=O)([O-])OP(=O)([O-])O)O[C@@H](n2cnc3c(N)ncnc32)[C@H](F)[C@@H]1O. The maximum absolute atomic E-state index is 14.9. The number of phosphoric acid groups is 3. The number of aliphatic hydroxyl groups excluding tert-OH is 1. The molecule has 24 heteroatoms. The molecule has 3 rings (SSSR count). The number of ether oxygens (including phenoxy) is 1. The summed E-state index contributed by atoms with van der Waals surface area (Å²) < 4.78 is 65.3. The Morgan fingerprint density at radius 3 is 2.59 bits per heavy atom. The van der Waals surface area contributed by atoms with E-state index in [2.05, 4.69) is 38.1 Å². The molecule has 188 valence electrons. The summed E-state index contributed by atoms with van der Waals surface area (Å²) in [6, 6.07) is 0. The summed E-state index contributed by atoms with van der Waals surface area (Å²) in [5, 5.41) is 13.3. The first-order chi connectivity index (χ1) is 15.6. The molecule has 3 heterocycles. The first kappa shape index (κ1) is 26.5. The molecule has 1 aliphatic heterocycles. The zero-order valence-corrected chi connectivity index (χ0v) is 18.7. The van der Waals surface area contributed by atoms with E-state index in [0.29, 0.717) is 0 Å². The third kappa shape index (κ3) is 5.59. The van der Waals surface area contributed by atoms with Gasteiger partial charge in [0.2, 0.25) is 5.72 Å². The number of hydrogen-bond donors (Lipinski definition) is 3. The highest BCUT2D eigenvalue weighted by molar-refractivity contribution is 7.65. The highest BCUT2D eigenvalue weighted by Crippen LogP contribution is 2.61. The van der Waals surface area contributed by atoms with E-state index in [4.69, 9.17) is 20.9 Å². The van der Waals surface area contributed by atoms with Crippen molar-refractivity contribution in [2.24, 2.45) is 5.11 Å². The molecule has 0 radical (unpaired) electrons. The minimum Gasteiger partial charge on any atom is -0.756 e. The van der Waals surface area contributed by atoms with E-state index in [-0.39, 0.29) is 17.0 Å². The van der Waals surface area contributed by atoms with Crippen LogP contribution in [0.5, 0.6) is 0 Å². The van der Waals surface area contributed by atoms with Crippen LogP contribution in [-0.2, 0) is 31.6 Å². The monoisotopic (exact) mass is 547 g/mol. The van der Waals surface area contributed by atoms with E-state index in [0.717, 1.165) is 17.2 Å². The van der Waals surface area contributed by atoms with Crippen molar-refractivity contribution in [3.8, 4) is 0 Å². The summed E-state index contributed by atoms with van der Waals surface area (Å²) in [6.45, 7) is -1.56. The number of aromatic nitrogens is 4. The van der Waals surface area contributed by atoms with Crippen molar-refractivity contribution in [1.29, 1.82) is 0 Å². The van der Waals surface area contributed by atoms with E-state index >= 15 is 0 Å². The molecule has 1 aliphatic rings. The fourth-order valence-electron chi connectivity index (χ4n) is 2.78. The second-order valence-electron chi connectivity index (χ2n) is 6.31. The van der Waals surface area contributed by atoms with Gasteiger partial charge in [0.25, 0.3) is 23.5 Å². The summed E-state index contributed by atoms with van der Waals surface area (Å²) in [7, 11) is -18.3. The van der Waals surface area contributed by atoms with Crippen LogP contribution in [0.15, 0.2) is 17.8 Å². The lowest BCUT2D eigenvalue weighted by Crippen LogP contribution is -2.44. The lowest BCUT2D eigenvalue weighted by atomic mass is 10.1. The summed E-state index contributed by atoms with van der Waals surface area (Å²) in [6.07, 6.45) is -4.69. The molecule has 0 amide bonds. The predicted molar refractivity (Wildman–Crippen MR) is 95.8 cm³/mol. The topological polar surface area (TPSA) is 316 Å². The Kier molecular flexibility index (Phi) is 7.16. The number of nitrogen functional groups attached to an aromatic ring is 1. The first-order valence-corrected chi connectivity index (χ1v) is 12.7. The maximum atomic E-state index is 14.9. The van der Waals surface area contributed by atoms with Gasteiger partial charge in [-0.3, -0.25) is 18.3 Å². The smallest absolute Gasteiger partial charge is 0.280 e. The van der Waals surface area contributed by atoms with Gasteiger partial charge in [0.05, 0.1) is 12.9 Å². The van der Waals surface area contributed by atoms with Gasteiger partial charge >= 0.3 is 0 Å². The molecule has 20 nitrogen and oxygen atoms in total. The third-order valence-electron chi connectivity index (χ3n) is 4.07. The molecule has 0 spiro atoms. The average molecular weight is 547 g/mol. The molecule has 1 saturated heterocycles. The lowest BCUT2D eigenvalue weighted by molar-refractivity contribution is -0.251. The summed E-state index contributed by atoms with van der Waals surface area (Å²) in [5.74, 6) is -0.0958. The minimum absolute atomic E-state index is 0.00790. The summed E-state index contributed by atoms with van der Waals surface area (Å²) in [4.78, 5) is 55.6. The molecule has 0 aromatic carbocycles. The molecule has 34 heavy (non-hydrogen) atoms. The zero-order chi connectivity index (χ0) is 25.5. The predicted octanol–water partition coefficient (Wildman–Crippen LogP) is -1.91. The van der Waals surface area contributed by atoms with Gasteiger partial charge in [-0.1, -0.05) is 5.11 Å². The Bertz CT molecular complexity index is 1280. The largest absolute Gasteiger partial charge is 0.756 e. The van der Waals surface area contributed by atoms with Gasteiger partial charge in [-0.15, -0.1) is 0 Å². The number of rotatable bonds is 9. The zero-order valence-electron chi connectivity index (χ0n) is 16.0. The van der Waals surface area contributed by atoms with E-state index < -0.39 is 54.3 Å². The van der Waals surface area contributed by atoms with Crippen molar-refractivity contribution in [1.82, 2.24) is 19.5 Å². The van der Waals surface area contributed by atoms with Crippen LogP contribution in [0, 0.1) is 0 Å². The fraction of sp³-hybridized carbons (Fsp3) is 0.500. The average Bonchev–Trinajstić information content (AvgIpc) is 3.20. The standard InChI is InChI=1S/C10H14FN8O12P3/c11-4-6(20)10(17-18-13,1-28-33(24,25)31-34(26,27)30-32(21,22)23)29-9(4)19-3-16-5-7(12)14-2-15-8(5)19/h2-4,6,9,20H,1H2,(H,24,25)(H,26,27)(H2,12,14,15)(H2,21,22,23)/p-3/t4-,6+,9-,10-/m1/s1. The van der Waals surface area contributed by atoms with E-state index in [1.807, 2.05) is 0 Å². The molecule has 2 aromatic heterocycles. The Labute approximate surface area is 186 Å². The number of anilines is 1. The number of phosphoric ester groups is 1. The molecule has 1 fully saturated rings. The van der Waals surface area contributed by atoms with Crippen molar-refractivity contribution in [3.63, 3.8) is 0 Å². The number of alkyl halides is 1. The van der Waals surface area contributed by atoms with Crippen molar-refractivity contribution in [2.75, 3.05) is 12.3 Å². The Morgan fingerprint density at radius 1 is 1.29 bits per heavy atom. The van der Waals surface area contributed by atoms with Crippen LogP contribution >= 0.6 is 23.5 Å². The first-order valence-electron chi connectivity index (χ1n) is 8.32.